The molecule has 2 rings (SSSR count). The second-order valence-electron chi connectivity index (χ2n) is 3.37. The Kier molecular flexibility index (Phi) is 3.18. The Morgan fingerprint density at radius 3 is 2.88 bits per heavy atom. The molecule has 0 saturated carbocycles. The fourth-order valence-corrected chi connectivity index (χ4v) is 1.51. The summed E-state index contributed by atoms with van der Waals surface area (Å²) in [5, 5.41) is 0. The topological polar surface area (TPSA) is 61.0 Å². The number of nitrogen functional groups attached to an aromatic ring is 1. The number of nitrogens with two attached hydrogens (primary N) is 1. The molecule has 0 aliphatic heterocycles. The Balaban J connectivity index is 2.50. The van der Waals surface area contributed by atoms with Crippen molar-refractivity contribution in [3.8, 4) is 17.0 Å². The third kappa shape index (κ3) is 2.50. The molecule has 5 heteroatoms. The summed E-state index contributed by atoms with van der Waals surface area (Å²) in [6.07, 6.45) is 1.55. The van der Waals surface area contributed by atoms with Crippen molar-refractivity contribution in [1.82, 2.24) is 9.97 Å². The van der Waals surface area contributed by atoms with E-state index in [0.717, 1.165) is 0 Å². The van der Waals surface area contributed by atoms with Crippen molar-refractivity contribution in [3.63, 3.8) is 0 Å². The highest BCUT2D eigenvalue weighted by atomic mass is 19.1. The molecule has 1 aromatic carbocycles. The quantitative estimate of drug-likeness (QED) is 0.883. The zero-order valence-corrected chi connectivity index (χ0v) is 9.35. The highest BCUT2D eigenvalue weighted by Gasteiger charge is 2.09. The smallest absolute Gasteiger partial charge is 0.220 e. The molecule has 1 heterocycles. The maximum Gasteiger partial charge on any atom is 0.220 e. The lowest BCUT2D eigenvalue weighted by molar-refractivity contribution is 0.339. The molecule has 0 fully saturated rings. The van der Waals surface area contributed by atoms with E-state index in [1.54, 1.807) is 18.3 Å². The number of rotatable bonds is 3. The summed E-state index contributed by atoms with van der Waals surface area (Å²) >= 11 is 0. The largest absolute Gasteiger partial charge is 0.493 e. The van der Waals surface area contributed by atoms with Crippen LogP contribution in [-0.4, -0.2) is 16.6 Å². The molecular formula is C12H12FN3O. The van der Waals surface area contributed by atoms with E-state index in [4.69, 9.17) is 10.5 Å². The summed E-state index contributed by atoms with van der Waals surface area (Å²) in [6, 6.07) is 6.00. The molecular weight excluding hydrogens is 221 g/mol. The van der Waals surface area contributed by atoms with Gasteiger partial charge < -0.3 is 10.5 Å². The molecule has 2 N–H and O–H groups in total. The number of anilines is 1. The van der Waals surface area contributed by atoms with E-state index in [0.29, 0.717) is 23.6 Å². The van der Waals surface area contributed by atoms with Gasteiger partial charge in [-0.05, 0) is 25.1 Å². The fourth-order valence-electron chi connectivity index (χ4n) is 1.51. The Bertz CT molecular complexity index is 531. The first kappa shape index (κ1) is 11.3. The normalized spacial score (nSPS) is 10.2. The first-order valence-corrected chi connectivity index (χ1v) is 5.22. The lowest BCUT2D eigenvalue weighted by Gasteiger charge is -2.09. The molecule has 0 aliphatic carbocycles. The van der Waals surface area contributed by atoms with Gasteiger partial charge in [0.25, 0.3) is 0 Å². The van der Waals surface area contributed by atoms with Crippen molar-refractivity contribution in [3.05, 3.63) is 36.3 Å². The molecule has 0 amide bonds. The summed E-state index contributed by atoms with van der Waals surface area (Å²) in [7, 11) is 0. The Labute approximate surface area is 98.3 Å². The summed E-state index contributed by atoms with van der Waals surface area (Å²) < 4.78 is 18.5. The van der Waals surface area contributed by atoms with Gasteiger partial charge in [-0.2, -0.15) is 0 Å². The molecule has 0 spiro atoms. The number of nitrogens with zero attached hydrogens (tertiary/aromatic N) is 2. The number of ether oxygens (including phenoxy) is 1. The second-order valence-corrected chi connectivity index (χ2v) is 3.37. The van der Waals surface area contributed by atoms with Gasteiger partial charge in [-0.25, -0.2) is 14.4 Å². The molecule has 0 bridgehead atoms. The summed E-state index contributed by atoms with van der Waals surface area (Å²) in [5.74, 6) is 0.277. The van der Waals surface area contributed by atoms with E-state index < -0.39 is 0 Å². The van der Waals surface area contributed by atoms with Crippen LogP contribution in [0.2, 0.25) is 0 Å². The lowest BCUT2D eigenvalue weighted by atomic mass is 10.1. The van der Waals surface area contributed by atoms with E-state index in [-0.39, 0.29) is 11.8 Å². The van der Waals surface area contributed by atoms with Gasteiger partial charge in [0.1, 0.15) is 11.6 Å². The van der Waals surface area contributed by atoms with Crippen molar-refractivity contribution >= 4 is 5.95 Å². The third-order valence-electron chi connectivity index (χ3n) is 2.19. The van der Waals surface area contributed by atoms with Gasteiger partial charge in [0.15, 0.2) is 0 Å². The summed E-state index contributed by atoms with van der Waals surface area (Å²) in [6.45, 7) is 2.29. The molecule has 0 unspecified atom stereocenters. The lowest BCUT2D eigenvalue weighted by Crippen LogP contribution is -1.98. The van der Waals surface area contributed by atoms with Crippen LogP contribution in [0.5, 0.6) is 5.75 Å². The van der Waals surface area contributed by atoms with E-state index in [1.165, 1.54) is 12.1 Å². The average molecular weight is 233 g/mol. The van der Waals surface area contributed by atoms with Crippen molar-refractivity contribution in [1.29, 1.82) is 0 Å². The van der Waals surface area contributed by atoms with Crippen LogP contribution in [0.25, 0.3) is 11.3 Å². The van der Waals surface area contributed by atoms with Crippen molar-refractivity contribution in [2.75, 3.05) is 12.3 Å². The standard InChI is InChI=1S/C12H12FN3O/c1-2-17-11-7-8(13)3-4-9(11)10-5-6-15-12(14)16-10/h3-7H,2H2,1H3,(H2,14,15,16). The number of hydrogen-bond donors (Lipinski definition) is 1. The van der Waals surface area contributed by atoms with Gasteiger partial charge in [0.05, 0.1) is 12.3 Å². The van der Waals surface area contributed by atoms with Crippen LogP contribution in [0.3, 0.4) is 0 Å². The monoisotopic (exact) mass is 233 g/mol. The maximum absolute atomic E-state index is 13.1. The molecule has 17 heavy (non-hydrogen) atoms. The Morgan fingerprint density at radius 1 is 1.35 bits per heavy atom. The van der Waals surface area contributed by atoms with Crippen LogP contribution in [0, 0.1) is 5.82 Å². The molecule has 4 nitrogen and oxygen atoms in total. The molecule has 0 atom stereocenters. The van der Waals surface area contributed by atoms with Gasteiger partial charge in [-0.3, -0.25) is 0 Å². The van der Waals surface area contributed by atoms with Crippen LogP contribution in [-0.2, 0) is 0 Å². The van der Waals surface area contributed by atoms with E-state index in [9.17, 15) is 4.39 Å². The van der Waals surface area contributed by atoms with Crippen LogP contribution in [0.15, 0.2) is 30.5 Å². The van der Waals surface area contributed by atoms with Crippen LogP contribution in [0.4, 0.5) is 10.3 Å². The number of benzene rings is 1. The minimum Gasteiger partial charge on any atom is -0.493 e. The molecule has 88 valence electrons. The second kappa shape index (κ2) is 4.78. The van der Waals surface area contributed by atoms with Crippen LogP contribution >= 0.6 is 0 Å². The minimum absolute atomic E-state index is 0.175. The van der Waals surface area contributed by atoms with Crippen molar-refractivity contribution in [2.24, 2.45) is 0 Å². The van der Waals surface area contributed by atoms with E-state index in [1.807, 2.05) is 6.92 Å². The molecule has 2 aromatic rings. The zero-order chi connectivity index (χ0) is 12.3. The Hall–Kier alpha value is -2.17. The molecule has 0 saturated heterocycles. The fraction of sp³-hybridized carbons (Fsp3) is 0.167. The van der Waals surface area contributed by atoms with Gasteiger partial charge in [-0.15, -0.1) is 0 Å². The van der Waals surface area contributed by atoms with Gasteiger partial charge in [0.2, 0.25) is 5.95 Å². The van der Waals surface area contributed by atoms with Gasteiger partial charge in [0, 0.05) is 17.8 Å². The molecule has 0 radical (unpaired) electrons. The van der Waals surface area contributed by atoms with Gasteiger partial charge >= 0.3 is 0 Å². The summed E-state index contributed by atoms with van der Waals surface area (Å²) in [5.41, 5.74) is 6.82. The van der Waals surface area contributed by atoms with Crippen LogP contribution < -0.4 is 10.5 Å². The minimum atomic E-state index is -0.348. The number of halogens is 1. The average Bonchev–Trinajstić information content (AvgIpc) is 2.29. The highest BCUT2D eigenvalue weighted by Crippen LogP contribution is 2.29. The van der Waals surface area contributed by atoms with Crippen LogP contribution in [0.1, 0.15) is 6.92 Å². The first-order chi connectivity index (χ1) is 8.20. The predicted octanol–water partition coefficient (Wildman–Crippen LogP) is 2.26. The van der Waals surface area contributed by atoms with Crippen molar-refractivity contribution in [2.45, 2.75) is 6.92 Å². The highest BCUT2D eigenvalue weighted by molar-refractivity contribution is 5.67. The van der Waals surface area contributed by atoms with E-state index >= 15 is 0 Å². The van der Waals surface area contributed by atoms with Crippen molar-refractivity contribution < 1.29 is 9.13 Å². The third-order valence-corrected chi connectivity index (χ3v) is 2.19. The summed E-state index contributed by atoms with van der Waals surface area (Å²) in [4.78, 5) is 7.89. The molecule has 0 aliphatic rings. The van der Waals surface area contributed by atoms with E-state index in [2.05, 4.69) is 9.97 Å². The first-order valence-electron chi connectivity index (χ1n) is 5.22. The predicted molar refractivity (Wildman–Crippen MR) is 63.0 cm³/mol. The zero-order valence-electron chi connectivity index (χ0n) is 9.35. The SMILES string of the molecule is CCOc1cc(F)ccc1-c1ccnc(N)n1. The maximum atomic E-state index is 13.1. The number of aromatic nitrogens is 2. The molecule has 1 aromatic heterocycles. The number of hydrogen-bond acceptors (Lipinski definition) is 4. The van der Waals surface area contributed by atoms with Gasteiger partial charge in [-0.1, -0.05) is 0 Å². The Morgan fingerprint density at radius 2 is 2.18 bits per heavy atom.